The minimum absolute atomic E-state index is 0.356. The minimum atomic E-state index is 0.356. The quantitative estimate of drug-likeness (QED) is 0.729. The second-order valence-electron chi connectivity index (χ2n) is 4.12. The molecule has 0 heterocycles. The van der Waals surface area contributed by atoms with Crippen molar-refractivity contribution in [1.82, 2.24) is 5.32 Å². The number of hydrogen-bond acceptors (Lipinski definition) is 2. The van der Waals surface area contributed by atoms with E-state index in [-0.39, 0.29) is 0 Å². The van der Waals surface area contributed by atoms with E-state index in [0.29, 0.717) is 12.6 Å². The van der Waals surface area contributed by atoms with Crippen molar-refractivity contribution in [3.05, 3.63) is 29.8 Å². The van der Waals surface area contributed by atoms with Gasteiger partial charge in [-0.05, 0) is 37.6 Å². The average molecular weight is 231 g/mol. The molecular weight excluding hydrogens is 210 g/mol. The van der Waals surface area contributed by atoms with E-state index in [1.807, 2.05) is 18.2 Å². The van der Waals surface area contributed by atoms with Crippen LogP contribution in [0.15, 0.2) is 24.3 Å². The predicted octanol–water partition coefficient (Wildman–Crippen LogP) is 2.77. The van der Waals surface area contributed by atoms with Crippen molar-refractivity contribution in [2.45, 2.75) is 32.7 Å². The molecule has 0 amide bonds. The molecule has 92 valence electrons. The molecule has 2 nitrogen and oxygen atoms in total. The van der Waals surface area contributed by atoms with E-state index in [2.05, 4.69) is 31.2 Å². The zero-order chi connectivity index (χ0) is 12.5. The van der Waals surface area contributed by atoms with Crippen LogP contribution < -0.4 is 10.1 Å². The molecule has 1 N–H and O–H groups in total. The fourth-order valence-corrected chi connectivity index (χ4v) is 1.73. The smallest absolute Gasteiger partial charge is 0.119 e. The van der Waals surface area contributed by atoms with Crippen LogP contribution in [0.3, 0.4) is 0 Å². The Hall–Kier alpha value is -1.46. The monoisotopic (exact) mass is 231 g/mol. The van der Waals surface area contributed by atoms with E-state index >= 15 is 0 Å². The molecule has 1 atom stereocenters. The number of ether oxygens (including phenoxy) is 1. The van der Waals surface area contributed by atoms with E-state index in [4.69, 9.17) is 11.2 Å². The molecular formula is C15H21NO. The summed E-state index contributed by atoms with van der Waals surface area (Å²) < 4.78 is 5.70. The molecule has 2 heteroatoms. The number of terminal acetylenes is 1. The van der Waals surface area contributed by atoms with Crippen LogP contribution in [0.5, 0.6) is 5.75 Å². The Morgan fingerprint density at radius 2 is 2.29 bits per heavy atom. The molecule has 1 aromatic rings. The molecule has 0 bridgehead atoms. The van der Waals surface area contributed by atoms with Crippen molar-refractivity contribution in [1.29, 1.82) is 0 Å². The van der Waals surface area contributed by atoms with Crippen LogP contribution in [0, 0.1) is 19.3 Å². The lowest BCUT2D eigenvalue weighted by Crippen LogP contribution is -2.30. The number of hydrogen-bond donors (Lipinski definition) is 1. The largest absolute Gasteiger partial charge is 0.494 e. The van der Waals surface area contributed by atoms with Crippen LogP contribution in [0.25, 0.3) is 0 Å². The predicted molar refractivity (Wildman–Crippen MR) is 72.2 cm³/mol. The van der Waals surface area contributed by atoms with Gasteiger partial charge in [-0.25, -0.2) is 0 Å². The van der Waals surface area contributed by atoms with Crippen LogP contribution in [-0.2, 0) is 0 Å². The third-order valence-electron chi connectivity index (χ3n) is 2.58. The molecule has 0 saturated heterocycles. The zero-order valence-electron chi connectivity index (χ0n) is 10.7. The first-order valence-electron chi connectivity index (χ1n) is 6.12. The van der Waals surface area contributed by atoms with Crippen molar-refractivity contribution in [2.75, 3.05) is 13.2 Å². The van der Waals surface area contributed by atoms with Gasteiger partial charge in [0.2, 0.25) is 0 Å². The normalized spacial score (nSPS) is 11.8. The van der Waals surface area contributed by atoms with Crippen LogP contribution in [0.4, 0.5) is 0 Å². The van der Waals surface area contributed by atoms with Crippen molar-refractivity contribution >= 4 is 0 Å². The maximum Gasteiger partial charge on any atom is 0.119 e. The Kier molecular flexibility index (Phi) is 6.21. The summed E-state index contributed by atoms with van der Waals surface area (Å²) in [5, 5.41) is 3.36. The topological polar surface area (TPSA) is 21.3 Å². The van der Waals surface area contributed by atoms with Gasteiger partial charge in [0, 0.05) is 12.5 Å². The second kappa shape index (κ2) is 7.76. The minimum Gasteiger partial charge on any atom is -0.494 e. The van der Waals surface area contributed by atoms with Crippen LogP contribution in [0.2, 0.25) is 0 Å². The maximum atomic E-state index is 5.70. The number of nitrogens with one attached hydrogen (secondary N) is 1. The van der Waals surface area contributed by atoms with Gasteiger partial charge in [-0.15, -0.1) is 12.3 Å². The fraction of sp³-hybridized carbons (Fsp3) is 0.467. The molecule has 0 fully saturated rings. The summed E-state index contributed by atoms with van der Waals surface area (Å²) in [5.41, 5.74) is 1.22. The number of benzene rings is 1. The average Bonchev–Trinajstić information content (AvgIpc) is 2.30. The number of aryl methyl sites for hydroxylation is 1. The van der Waals surface area contributed by atoms with Gasteiger partial charge >= 0.3 is 0 Å². The Balaban J connectivity index is 2.33. The molecule has 0 aliphatic heterocycles. The molecule has 1 unspecified atom stereocenters. The Labute approximate surface area is 104 Å². The van der Waals surface area contributed by atoms with Gasteiger partial charge in [-0.3, -0.25) is 0 Å². The fourth-order valence-electron chi connectivity index (χ4n) is 1.73. The highest BCUT2D eigenvalue weighted by Gasteiger charge is 2.05. The summed E-state index contributed by atoms with van der Waals surface area (Å²) in [5.74, 6) is 3.62. The van der Waals surface area contributed by atoms with E-state index in [0.717, 1.165) is 25.1 Å². The van der Waals surface area contributed by atoms with Gasteiger partial charge in [0.15, 0.2) is 0 Å². The first-order valence-corrected chi connectivity index (χ1v) is 6.12. The molecule has 0 radical (unpaired) electrons. The molecule has 0 saturated carbocycles. The summed E-state index contributed by atoms with van der Waals surface area (Å²) in [6.07, 6.45) is 7.02. The second-order valence-corrected chi connectivity index (χ2v) is 4.12. The molecule has 1 rings (SSSR count). The van der Waals surface area contributed by atoms with Gasteiger partial charge in [-0.2, -0.15) is 0 Å². The van der Waals surface area contributed by atoms with Crippen molar-refractivity contribution < 1.29 is 4.74 Å². The number of rotatable bonds is 7. The first kappa shape index (κ1) is 13.6. The van der Waals surface area contributed by atoms with E-state index < -0.39 is 0 Å². The summed E-state index contributed by atoms with van der Waals surface area (Å²) in [7, 11) is 0. The van der Waals surface area contributed by atoms with Crippen LogP contribution in [0.1, 0.15) is 25.3 Å². The van der Waals surface area contributed by atoms with Crippen molar-refractivity contribution in [3.8, 4) is 18.1 Å². The highest BCUT2D eigenvalue weighted by atomic mass is 16.5. The molecule has 0 spiro atoms. The lowest BCUT2D eigenvalue weighted by Gasteiger charge is -2.15. The molecule has 0 aliphatic carbocycles. The maximum absolute atomic E-state index is 5.70. The summed E-state index contributed by atoms with van der Waals surface area (Å²) in [4.78, 5) is 0. The van der Waals surface area contributed by atoms with Crippen molar-refractivity contribution in [3.63, 3.8) is 0 Å². The van der Waals surface area contributed by atoms with Crippen LogP contribution in [-0.4, -0.2) is 19.2 Å². The lowest BCUT2D eigenvalue weighted by atomic mass is 10.1. The molecule has 0 aliphatic rings. The Morgan fingerprint density at radius 1 is 1.47 bits per heavy atom. The Bertz CT molecular complexity index is 367. The highest BCUT2D eigenvalue weighted by Crippen LogP contribution is 2.12. The molecule has 17 heavy (non-hydrogen) atoms. The summed E-state index contributed by atoms with van der Waals surface area (Å²) in [6, 6.07) is 8.45. The van der Waals surface area contributed by atoms with E-state index in [1.54, 1.807) is 0 Å². The van der Waals surface area contributed by atoms with Gasteiger partial charge in [0.1, 0.15) is 5.75 Å². The van der Waals surface area contributed by atoms with Gasteiger partial charge in [-0.1, -0.05) is 19.1 Å². The van der Waals surface area contributed by atoms with E-state index in [9.17, 15) is 0 Å². The standard InChI is InChI=1S/C15H21NO/c1-4-7-14(16-5-2)10-11-17-15-9-6-8-13(3)12-15/h1,6,8-9,12,14,16H,5,7,10-11H2,2-3H3. The SMILES string of the molecule is C#CCC(CCOc1cccc(C)c1)NCC. The summed E-state index contributed by atoms with van der Waals surface area (Å²) >= 11 is 0. The third-order valence-corrected chi connectivity index (χ3v) is 2.58. The van der Waals surface area contributed by atoms with Crippen LogP contribution >= 0.6 is 0 Å². The zero-order valence-corrected chi connectivity index (χ0v) is 10.7. The first-order chi connectivity index (χ1) is 8.26. The lowest BCUT2D eigenvalue weighted by molar-refractivity contribution is 0.287. The van der Waals surface area contributed by atoms with E-state index in [1.165, 1.54) is 5.56 Å². The van der Waals surface area contributed by atoms with Gasteiger partial charge in [0.05, 0.1) is 6.61 Å². The molecule has 1 aromatic carbocycles. The van der Waals surface area contributed by atoms with Gasteiger partial charge in [0.25, 0.3) is 0 Å². The van der Waals surface area contributed by atoms with Crippen molar-refractivity contribution in [2.24, 2.45) is 0 Å². The molecule has 0 aromatic heterocycles. The highest BCUT2D eigenvalue weighted by molar-refractivity contribution is 5.27. The third kappa shape index (κ3) is 5.42. The van der Waals surface area contributed by atoms with Gasteiger partial charge < -0.3 is 10.1 Å². The summed E-state index contributed by atoms with van der Waals surface area (Å²) in [6.45, 7) is 5.79. The Morgan fingerprint density at radius 3 is 2.94 bits per heavy atom.